The van der Waals surface area contributed by atoms with E-state index in [1.807, 2.05) is 24.3 Å². The fourth-order valence-corrected chi connectivity index (χ4v) is 1.43. The van der Waals surface area contributed by atoms with Crippen molar-refractivity contribution in [1.29, 1.82) is 0 Å². The second-order valence-corrected chi connectivity index (χ2v) is 4.01. The minimum absolute atomic E-state index is 0.0864. The largest absolute Gasteiger partial charge is 0.490 e. The first-order valence-corrected chi connectivity index (χ1v) is 5.45. The van der Waals surface area contributed by atoms with E-state index in [0.29, 0.717) is 5.75 Å². The number of carboxylic acids is 1. The van der Waals surface area contributed by atoms with E-state index >= 15 is 0 Å². The van der Waals surface area contributed by atoms with Gasteiger partial charge in [-0.05, 0) is 12.1 Å². The predicted octanol–water partition coefficient (Wildman–Crippen LogP) is 2.31. The van der Waals surface area contributed by atoms with Crippen molar-refractivity contribution in [1.82, 2.24) is 4.98 Å². The number of hydrogen-bond donors (Lipinski definition) is 1. The Hall–Kier alpha value is -1.81. The lowest BCUT2D eigenvalue weighted by atomic mass is 10.2. The Morgan fingerprint density at radius 1 is 1.47 bits per heavy atom. The molecular weight excluding hydrogens is 242 g/mol. The summed E-state index contributed by atoms with van der Waals surface area (Å²) >= 11 is 5.54. The fourth-order valence-electron chi connectivity index (χ4n) is 1.37. The summed E-state index contributed by atoms with van der Waals surface area (Å²) in [5.74, 6) is -0.587. The number of aliphatic carboxylic acids is 1. The number of fused-ring (bicyclic) bond motifs is 1. The maximum Gasteiger partial charge on any atom is 0.325 e. The van der Waals surface area contributed by atoms with Gasteiger partial charge in [0, 0.05) is 5.39 Å². The van der Waals surface area contributed by atoms with Gasteiger partial charge in [-0.2, -0.15) is 0 Å². The number of carboxylic acid groups (broad SMARTS) is 1. The zero-order valence-electron chi connectivity index (χ0n) is 8.84. The summed E-state index contributed by atoms with van der Waals surface area (Å²) in [7, 11) is 0. The summed E-state index contributed by atoms with van der Waals surface area (Å²) in [6.45, 7) is -0.0864. The molecule has 0 saturated carbocycles. The maximum absolute atomic E-state index is 10.5. The number of rotatable bonds is 4. The third-order valence-electron chi connectivity index (χ3n) is 2.23. The van der Waals surface area contributed by atoms with Crippen LogP contribution in [0.25, 0.3) is 10.9 Å². The van der Waals surface area contributed by atoms with Crippen molar-refractivity contribution in [3.63, 3.8) is 0 Å². The smallest absolute Gasteiger partial charge is 0.325 e. The van der Waals surface area contributed by atoms with E-state index in [1.54, 1.807) is 12.3 Å². The van der Waals surface area contributed by atoms with Crippen molar-refractivity contribution in [3.05, 3.63) is 36.5 Å². The molecule has 0 aliphatic rings. The minimum Gasteiger partial charge on any atom is -0.490 e. The van der Waals surface area contributed by atoms with Crippen molar-refractivity contribution in [2.24, 2.45) is 0 Å². The SMILES string of the molecule is O=C(O)C(Cl)COc1cnc2ccccc2c1. The molecule has 2 rings (SSSR count). The highest BCUT2D eigenvalue weighted by molar-refractivity contribution is 6.29. The van der Waals surface area contributed by atoms with Crippen LogP contribution in [0.15, 0.2) is 36.5 Å². The van der Waals surface area contributed by atoms with Crippen LogP contribution in [-0.4, -0.2) is 28.0 Å². The van der Waals surface area contributed by atoms with Crippen LogP contribution in [0.4, 0.5) is 0 Å². The first-order chi connectivity index (χ1) is 8.16. The number of hydrogen-bond acceptors (Lipinski definition) is 3. The van der Waals surface area contributed by atoms with E-state index in [0.717, 1.165) is 10.9 Å². The van der Waals surface area contributed by atoms with Crippen molar-refractivity contribution in [3.8, 4) is 5.75 Å². The number of halogens is 1. The van der Waals surface area contributed by atoms with Gasteiger partial charge in [-0.1, -0.05) is 18.2 Å². The quantitative estimate of drug-likeness (QED) is 0.847. The third kappa shape index (κ3) is 2.85. The second kappa shape index (κ2) is 5.01. The Labute approximate surface area is 103 Å². The van der Waals surface area contributed by atoms with E-state index in [1.165, 1.54) is 0 Å². The van der Waals surface area contributed by atoms with E-state index in [-0.39, 0.29) is 6.61 Å². The zero-order valence-corrected chi connectivity index (χ0v) is 9.59. The van der Waals surface area contributed by atoms with Gasteiger partial charge in [0.05, 0.1) is 11.7 Å². The highest BCUT2D eigenvalue weighted by Gasteiger charge is 2.14. The van der Waals surface area contributed by atoms with Crippen LogP contribution in [0.2, 0.25) is 0 Å². The molecule has 0 aliphatic heterocycles. The molecule has 1 aromatic heterocycles. The molecule has 1 aromatic carbocycles. The molecule has 2 aromatic rings. The molecule has 0 saturated heterocycles. The van der Waals surface area contributed by atoms with Gasteiger partial charge in [-0.15, -0.1) is 11.6 Å². The number of aromatic nitrogens is 1. The first kappa shape index (κ1) is 11.7. The lowest BCUT2D eigenvalue weighted by Crippen LogP contribution is -2.21. The summed E-state index contributed by atoms with van der Waals surface area (Å²) < 4.78 is 5.26. The molecule has 0 radical (unpaired) electrons. The van der Waals surface area contributed by atoms with Crippen molar-refractivity contribution < 1.29 is 14.6 Å². The summed E-state index contributed by atoms with van der Waals surface area (Å²) in [5.41, 5.74) is 0.862. The number of ether oxygens (including phenoxy) is 1. The lowest BCUT2D eigenvalue weighted by Gasteiger charge is -2.08. The van der Waals surface area contributed by atoms with Crippen LogP contribution < -0.4 is 4.74 Å². The number of alkyl halides is 1. The molecule has 17 heavy (non-hydrogen) atoms. The predicted molar refractivity (Wildman–Crippen MR) is 64.5 cm³/mol. The molecule has 1 N–H and O–H groups in total. The van der Waals surface area contributed by atoms with Crippen molar-refractivity contribution in [2.75, 3.05) is 6.61 Å². The Morgan fingerprint density at radius 2 is 2.24 bits per heavy atom. The molecule has 88 valence electrons. The Kier molecular flexibility index (Phi) is 3.44. The first-order valence-electron chi connectivity index (χ1n) is 5.01. The normalized spacial score (nSPS) is 12.3. The van der Waals surface area contributed by atoms with Crippen LogP contribution >= 0.6 is 11.6 Å². The van der Waals surface area contributed by atoms with Gasteiger partial charge >= 0.3 is 5.97 Å². The van der Waals surface area contributed by atoms with Crippen LogP contribution in [0.1, 0.15) is 0 Å². The van der Waals surface area contributed by atoms with Crippen LogP contribution in [0, 0.1) is 0 Å². The van der Waals surface area contributed by atoms with Crippen molar-refractivity contribution in [2.45, 2.75) is 5.38 Å². The van der Waals surface area contributed by atoms with Gasteiger partial charge in [0.2, 0.25) is 0 Å². The van der Waals surface area contributed by atoms with Crippen LogP contribution in [0.3, 0.4) is 0 Å². The molecule has 0 aliphatic carbocycles. The average Bonchev–Trinajstić information content (AvgIpc) is 2.35. The molecule has 0 spiro atoms. The van der Waals surface area contributed by atoms with Gasteiger partial charge in [0.15, 0.2) is 5.38 Å². The van der Waals surface area contributed by atoms with Crippen LogP contribution in [0.5, 0.6) is 5.75 Å². The Morgan fingerprint density at radius 3 is 3.00 bits per heavy atom. The molecule has 5 heteroatoms. The molecule has 1 atom stereocenters. The number of benzene rings is 1. The molecular formula is C12H10ClNO3. The summed E-state index contributed by atoms with van der Waals surface area (Å²) in [5, 5.41) is 8.49. The average molecular weight is 252 g/mol. The summed E-state index contributed by atoms with van der Waals surface area (Å²) in [6, 6.07) is 9.39. The molecule has 1 unspecified atom stereocenters. The molecule has 4 nitrogen and oxygen atoms in total. The Balaban J connectivity index is 2.12. The molecule has 1 heterocycles. The summed E-state index contributed by atoms with van der Waals surface area (Å²) in [6.07, 6.45) is 1.55. The van der Waals surface area contributed by atoms with E-state index in [9.17, 15) is 4.79 Å². The Bertz CT molecular complexity index is 544. The summed E-state index contributed by atoms with van der Waals surface area (Å²) in [4.78, 5) is 14.7. The highest BCUT2D eigenvalue weighted by Crippen LogP contribution is 2.18. The minimum atomic E-state index is -1.10. The zero-order chi connectivity index (χ0) is 12.3. The number of nitrogens with zero attached hydrogens (tertiary/aromatic N) is 1. The van der Waals surface area contributed by atoms with Gasteiger partial charge in [-0.3, -0.25) is 9.78 Å². The topological polar surface area (TPSA) is 59.4 Å². The fraction of sp³-hybridized carbons (Fsp3) is 0.167. The van der Waals surface area contributed by atoms with Crippen molar-refractivity contribution >= 4 is 28.5 Å². The molecule has 0 fully saturated rings. The lowest BCUT2D eigenvalue weighted by molar-refractivity contribution is -0.137. The van der Waals surface area contributed by atoms with Gasteiger partial charge in [0.1, 0.15) is 12.4 Å². The number of carbonyl (C=O) groups is 1. The molecule has 0 amide bonds. The third-order valence-corrected chi connectivity index (χ3v) is 2.54. The highest BCUT2D eigenvalue weighted by atomic mass is 35.5. The number of pyridine rings is 1. The standard InChI is InChI=1S/C12H10ClNO3/c13-10(12(15)16)7-17-9-5-8-3-1-2-4-11(8)14-6-9/h1-6,10H,7H2,(H,15,16). The number of para-hydroxylation sites is 1. The monoisotopic (exact) mass is 251 g/mol. The van der Waals surface area contributed by atoms with E-state index in [2.05, 4.69) is 4.98 Å². The van der Waals surface area contributed by atoms with E-state index in [4.69, 9.17) is 21.4 Å². The van der Waals surface area contributed by atoms with Gasteiger partial charge in [0.25, 0.3) is 0 Å². The van der Waals surface area contributed by atoms with E-state index < -0.39 is 11.3 Å². The van der Waals surface area contributed by atoms with Gasteiger partial charge in [-0.25, -0.2) is 0 Å². The maximum atomic E-state index is 10.5. The van der Waals surface area contributed by atoms with Crippen LogP contribution in [-0.2, 0) is 4.79 Å². The molecule has 0 bridgehead atoms. The second-order valence-electron chi connectivity index (χ2n) is 3.48. The van der Waals surface area contributed by atoms with Gasteiger partial charge < -0.3 is 9.84 Å².